The SMILES string of the molecule is CCc1c(C(=O)N2CC[C@@]3(CCCN(CCOC)C3=O)C2)csc1C. The summed E-state index contributed by atoms with van der Waals surface area (Å²) in [5.74, 6) is 0.309. The van der Waals surface area contributed by atoms with Crippen LogP contribution < -0.4 is 0 Å². The number of methoxy groups -OCH3 is 1. The van der Waals surface area contributed by atoms with Gasteiger partial charge in [0.1, 0.15) is 0 Å². The Bertz CT molecular complexity index is 657. The van der Waals surface area contributed by atoms with Crippen LogP contribution in [-0.4, -0.2) is 61.5 Å². The third-order valence-corrected chi connectivity index (χ3v) is 6.67. The molecule has 2 aliphatic heterocycles. The molecule has 25 heavy (non-hydrogen) atoms. The standard InChI is InChI=1S/C19H28N2O3S/c1-4-15-14(2)25-12-16(15)17(22)21-9-7-19(13-21)6-5-8-20(18(19)23)10-11-24-3/h12H,4-11,13H2,1-3H3/t19-/m0/s1. The lowest BCUT2D eigenvalue weighted by atomic mass is 9.78. The second-order valence-corrected chi connectivity index (χ2v) is 8.27. The molecule has 1 aromatic rings. The highest BCUT2D eigenvalue weighted by Gasteiger charge is 2.49. The van der Waals surface area contributed by atoms with E-state index in [2.05, 4.69) is 13.8 Å². The van der Waals surface area contributed by atoms with Crippen LogP contribution >= 0.6 is 11.3 Å². The summed E-state index contributed by atoms with van der Waals surface area (Å²) >= 11 is 1.64. The van der Waals surface area contributed by atoms with Gasteiger partial charge in [0.25, 0.3) is 5.91 Å². The predicted octanol–water partition coefficient (Wildman–Crippen LogP) is 2.72. The van der Waals surface area contributed by atoms with Gasteiger partial charge in [-0.1, -0.05) is 6.92 Å². The van der Waals surface area contributed by atoms with Gasteiger partial charge in [-0.2, -0.15) is 0 Å². The second kappa shape index (κ2) is 7.46. The van der Waals surface area contributed by atoms with Gasteiger partial charge in [0.15, 0.2) is 0 Å². The zero-order valence-electron chi connectivity index (χ0n) is 15.5. The first-order valence-corrected chi connectivity index (χ1v) is 10.0. The third-order valence-electron chi connectivity index (χ3n) is 5.72. The van der Waals surface area contributed by atoms with Crippen molar-refractivity contribution < 1.29 is 14.3 Å². The molecule has 2 amide bonds. The monoisotopic (exact) mass is 364 g/mol. The molecule has 3 heterocycles. The van der Waals surface area contributed by atoms with Crippen molar-refractivity contribution in [3.63, 3.8) is 0 Å². The van der Waals surface area contributed by atoms with Crippen molar-refractivity contribution in [2.75, 3.05) is 39.9 Å². The molecule has 138 valence electrons. The Morgan fingerprint density at radius 3 is 2.88 bits per heavy atom. The minimum Gasteiger partial charge on any atom is -0.383 e. The van der Waals surface area contributed by atoms with E-state index in [1.807, 2.05) is 15.2 Å². The zero-order valence-corrected chi connectivity index (χ0v) is 16.3. The van der Waals surface area contributed by atoms with E-state index < -0.39 is 0 Å². The lowest BCUT2D eigenvalue weighted by molar-refractivity contribution is -0.146. The predicted molar refractivity (Wildman–Crippen MR) is 99.1 cm³/mol. The highest BCUT2D eigenvalue weighted by Crippen LogP contribution is 2.41. The average Bonchev–Trinajstić information content (AvgIpc) is 3.20. The number of carbonyl (C=O) groups is 2. The summed E-state index contributed by atoms with van der Waals surface area (Å²) in [6.45, 7) is 7.43. The Morgan fingerprint density at radius 1 is 1.36 bits per heavy atom. The first kappa shape index (κ1) is 18.4. The van der Waals surface area contributed by atoms with E-state index in [4.69, 9.17) is 4.74 Å². The first-order valence-electron chi connectivity index (χ1n) is 9.17. The fraction of sp³-hybridized carbons (Fsp3) is 0.684. The fourth-order valence-electron chi connectivity index (χ4n) is 4.26. The number of likely N-dealkylation sites (tertiary alicyclic amines) is 2. The Labute approximate surface area is 153 Å². The van der Waals surface area contributed by atoms with E-state index in [1.165, 1.54) is 4.88 Å². The van der Waals surface area contributed by atoms with Crippen LogP contribution in [0.5, 0.6) is 0 Å². The Morgan fingerprint density at radius 2 is 2.16 bits per heavy atom. The van der Waals surface area contributed by atoms with Gasteiger partial charge in [-0.25, -0.2) is 0 Å². The smallest absolute Gasteiger partial charge is 0.255 e. The maximum absolute atomic E-state index is 13.0. The number of thiophene rings is 1. The van der Waals surface area contributed by atoms with Crippen molar-refractivity contribution >= 4 is 23.2 Å². The molecule has 0 bridgehead atoms. The summed E-state index contributed by atoms with van der Waals surface area (Å²) in [4.78, 5) is 31.1. The number of nitrogens with zero attached hydrogens (tertiary/aromatic N) is 2. The molecule has 6 heteroatoms. The van der Waals surface area contributed by atoms with Crippen molar-refractivity contribution in [3.05, 3.63) is 21.4 Å². The molecule has 1 spiro atoms. The molecule has 0 saturated carbocycles. The number of amides is 2. The van der Waals surface area contributed by atoms with E-state index in [-0.39, 0.29) is 17.2 Å². The van der Waals surface area contributed by atoms with Crippen LogP contribution in [0.25, 0.3) is 0 Å². The van der Waals surface area contributed by atoms with Gasteiger partial charge < -0.3 is 14.5 Å². The van der Waals surface area contributed by atoms with E-state index >= 15 is 0 Å². The lowest BCUT2D eigenvalue weighted by Crippen LogP contribution is -2.51. The molecule has 1 atom stereocenters. The quantitative estimate of drug-likeness (QED) is 0.807. The molecule has 0 unspecified atom stereocenters. The van der Waals surface area contributed by atoms with Crippen LogP contribution in [0.2, 0.25) is 0 Å². The van der Waals surface area contributed by atoms with Crippen molar-refractivity contribution in [3.8, 4) is 0 Å². The minimum atomic E-state index is -0.376. The van der Waals surface area contributed by atoms with Crippen LogP contribution in [0.3, 0.4) is 0 Å². The van der Waals surface area contributed by atoms with Crippen molar-refractivity contribution in [1.82, 2.24) is 9.80 Å². The van der Waals surface area contributed by atoms with Crippen molar-refractivity contribution in [2.45, 2.75) is 39.5 Å². The van der Waals surface area contributed by atoms with Gasteiger partial charge in [-0.3, -0.25) is 9.59 Å². The van der Waals surface area contributed by atoms with Gasteiger partial charge in [-0.15, -0.1) is 11.3 Å². The molecule has 3 rings (SSSR count). The summed E-state index contributed by atoms with van der Waals surface area (Å²) in [5, 5.41) is 1.98. The molecule has 2 saturated heterocycles. The van der Waals surface area contributed by atoms with Crippen LogP contribution in [0.4, 0.5) is 0 Å². The molecular formula is C19H28N2O3S. The number of rotatable bonds is 5. The molecule has 1 aromatic heterocycles. The average molecular weight is 365 g/mol. The number of carbonyl (C=O) groups excluding carboxylic acids is 2. The van der Waals surface area contributed by atoms with Gasteiger partial charge in [0.2, 0.25) is 5.91 Å². The zero-order chi connectivity index (χ0) is 18.0. The summed E-state index contributed by atoms with van der Waals surface area (Å²) in [6.07, 6.45) is 3.56. The Kier molecular flexibility index (Phi) is 5.49. The van der Waals surface area contributed by atoms with Gasteiger partial charge in [0.05, 0.1) is 17.6 Å². The van der Waals surface area contributed by atoms with E-state index in [0.717, 1.165) is 43.4 Å². The Balaban J connectivity index is 1.74. The van der Waals surface area contributed by atoms with Gasteiger partial charge in [0, 0.05) is 43.5 Å². The fourth-order valence-corrected chi connectivity index (χ4v) is 5.19. The second-order valence-electron chi connectivity index (χ2n) is 7.18. The maximum atomic E-state index is 13.0. The molecule has 5 nitrogen and oxygen atoms in total. The van der Waals surface area contributed by atoms with Crippen molar-refractivity contribution in [2.24, 2.45) is 5.41 Å². The number of ether oxygens (including phenoxy) is 1. The largest absolute Gasteiger partial charge is 0.383 e. The maximum Gasteiger partial charge on any atom is 0.255 e. The van der Waals surface area contributed by atoms with E-state index in [1.54, 1.807) is 18.4 Å². The highest BCUT2D eigenvalue weighted by atomic mass is 32.1. The molecule has 0 N–H and O–H groups in total. The summed E-state index contributed by atoms with van der Waals surface area (Å²) < 4.78 is 5.13. The molecule has 0 radical (unpaired) electrons. The topological polar surface area (TPSA) is 49.9 Å². The highest BCUT2D eigenvalue weighted by molar-refractivity contribution is 7.10. The van der Waals surface area contributed by atoms with Crippen LogP contribution in [-0.2, 0) is 16.0 Å². The minimum absolute atomic E-state index is 0.0971. The first-order chi connectivity index (χ1) is 12.0. The van der Waals surface area contributed by atoms with Gasteiger partial charge in [-0.05, 0) is 38.2 Å². The summed E-state index contributed by atoms with van der Waals surface area (Å²) in [7, 11) is 1.66. The third kappa shape index (κ3) is 3.34. The molecule has 0 aromatic carbocycles. The van der Waals surface area contributed by atoms with E-state index in [9.17, 15) is 9.59 Å². The molecule has 0 aliphatic carbocycles. The molecular weight excluding hydrogens is 336 g/mol. The Hall–Kier alpha value is -1.40. The summed E-state index contributed by atoms with van der Waals surface area (Å²) in [5.41, 5.74) is 1.62. The number of piperidine rings is 1. The number of aryl methyl sites for hydroxylation is 1. The number of hydrogen-bond acceptors (Lipinski definition) is 4. The van der Waals surface area contributed by atoms with Crippen LogP contribution in [0.15, 0.2) is 5.38 Å². The van der Waals surface area contributed by atoms with Gasteiger partial charge >= 0.3 is 0 Å². The van der Waals surface area contributed by atoms with Crippen molar-refractivity contribution in [1.29, 1.82) is 0 Å². The van der Waals surface area contributed by atoms with E-state index in [0.29, 0.717) is 26.2 Å². The summed E-state index contributed by atoms with van der Waals surface area (Å²) in [6, 6.07) is 0. The number of hydrogen-bond donors (Lipinski definition) is 0. The molecule has 2 fully saturated rings. The normalized spacial score (nSPS) is 23.7. The lowest BCUT2D eigenvalue weighted by Gasteiger charge is -2.39. The van der Waals surface area contributed by atoms with Crippen LogP contribution in [0, 0.1) is 12.3 Å². The van der Waals surface area contributed by atoms with Crippen LogP contribution in [0.1, 0.15) is 47.0 Å². The molecule has 2 aliphatic rings.